The van der Waals surface area contributed by atoms with Crippen LogP contribution in [0.4, 0.5) is 0 Å². The molecule has 0 aliphatic heterocycles. The van der Waals surface area contributed by atoms with Crippen LogP contribution < -0.4 is 15.4 Å². The number of halogens is 1. The number of hydrogen-bond donors (Lipinski definition) is 2. The molecule has 138 valence electrons. The van der Waals surface area contributed by atoms with Crippen molar-refractivity contribution in [3.05, 3.63) is 45.8 Å². The first kappa shape index (κ1) is 21.7. The third-order valence-corrected chi connectivity index (χ3v) is 4.56. The molecule has 0 bridgehead atoms. The predicted octanol–water partition coefficient (Wildman–Crippen LogP) is 3.98. The summed E-state index contributed by atoms with van der Waals surface area (Å²) in [6.07, 6.45) is 3.04. The Hall–Kier alpha value is -1.35. The third kappa shape index (κ3) is 7.60. The molecule has 0 aliphatic rings. The highest BCUT2D eigenvalue weighted by molar-refractivity contribution is 14.0. The topological polar surface area (TPSA) is 58.5 Å². The standard InChI is InChI=1S/C18H26N4OS.HI/c1-5-15-7-8-16(24-15)12-22-18(19-4)21-11-14-6-9-17(20-10-14)23-13(2)3;/h6-10,13H,5,11-12H2,1-4H3,(H2,19,21,22);1H. The van der Waals surface area contributed by atoms with E-state index in [4.69, 9.17) is 4.74 Å². The van der Waals surface area contributed by atoms with Crippen LogP contribution in [0, 0.1) is 0 Å². The van der Waals surface area contributed by atoms with Gasteiger partial charge in [0, 0.05) is 35.6 Å². The number of nitrogens with one attached hydrogen (secondary N) is 2. The second kappa shape index (κ2) is 11.3. The highest BCUT2D eigenvalue weighted by atomic mass is 127. The van der Waals surface area contributed by atoms with Crippen molar-refractivity contribution >= 4 is 41.3 Å². The highest BCUT2D eigenvalue weighted by Gasteiger charge is 2.03. The van der Waals surface area contributed by atoms with E-state index in [9.17, 15) is 0 Å². The number of nitrogens with zero attached hydrogens (tertiary/aromatic N) is 2. The zero-order valence-corrected chi connectivity index (χ0v) is 18.4. The van der Waals surface area contributed by atoms with Gasteiger partial charge in [0.1, 0.15) is 0 Å². The van der Waals surface area contributed by atoms with Crippen LogP contribution in [0.5, 0.6) is 5.88 Å². The highest BCUT2D eigenvalue weighted by Crippen LogP contribution is 2.16. The van der Waals surface area contributed by atoms with Crippen molar-refractivity contribution in [2.24, 2.45) is 4.99 Å². The smallest absolute Gasteiger partial charge is 0.213 e. The molecule has 2 aromatic heterocycles. The molecule has 0 atom stereocenters. The molecule has 0 saturated heterocycles. The van der Waals surface area contributed by atoms with Crippen LogP contribution in [0.15, 0.2) is 35.5 Å². The number of aromatic nitrogens is 1. The minimum absolute atomic E-state index is 0. The first-order valence-corrected chi connectivity index (χ1v) is 9.06. The fourth-order valence-electron chi connectivity index (χ4n) is 2.11. The van der Waals surface area contributed by atoms with Gasteiger partial charge in [0.25, 0.3) is 0 Å². The molecule has 0 amide bonds. The van der Waals surface area contributed by atoms with Crippen molar-refractivity contribution in [3.63, 3.8) is 0 Å². The van der Waals surface area contributed by atoms with E-state index in [0.717, 1.165) is 24.5 Å². The molecule has 25 heavy (non-hydrogen) atoms. The summed E-state index contributed by atoms with van der Waals surface area (Å²) >= 11 is 1.84. The van der Waals surface area contributed by atoms with Crippen molar-refractivity contribution < 1.29 is 4.74 Å². The average Bonchev–Trinajstić information content (AvgIpc) is 3.04. The number of hydrogen-bond acceptors (Lipinski definition) is 4. The van der Waals surface area contributed by atoms with Crippen molar-refractivity contribution in [2.45, 2.75) is 46.4 Å². The van der Waals surface area contributed by atoms with E-state index in [1.165, 1.54) is 9.75 Å². The summed E-state index contributed by atoms with van der Waals surface area (Å²) in [6.45, 7) is 7.60. The average molecular weight is 474 g/mol. The molecule has 2 aromatic rings. The molecule has 0 fully saturated rings. The predicted molar refractivity (Wildman–Crippen MR) is 116 cm³/mol. The monoisotopic (exact) mass is 474 g/mol. The Morgan fingerprint density at radius 3 is 2.44 bits per heavy atom. The number of thiophene rings is 1. The van der Waals surface area contributed by atoms with E-state index in [-0.39, 0.29) is 30.1 Å². The lowest BCUT2D eigenvalue weighted by Gasteiger charge is -2.12. The summed E-state index contributed by atoms with van der Waals surface area (Å²) in [7, 11) is 1.78. The van der Waals surface area contributed by atoms with Crippen LogP contribution in [0.25, 0.3) is 0 Å². The molecule has 5 nitrogen and oxygen atoms in total. The third-order valence-electron chi connectivity index (χ3n) is 3.33. The summed E-state index contributed by atoms with van der Waals surface area (Å²) in [5.41, 5.74) is 1.08. The van der Waals surface area contributed by atoms with E-state index in [1.807, 2.05) is 43.5 Å². The van der Waals surface area contributed by atoms with Gasteiger partial charge in [-0.25, -0.2) is 4.98 Å². The molecule has 7 heteroatoms. The van der Waals surface area contributed by atoms with Gasteiger partial charge in [-0.2, -0.15) is 0 Å². The number of pyridine rings is 1. The van der Waals surface area contributed by atoms with E-state index >= 15 is 0 Å². The van der Waals surface area contributed by atoms with Gasteiger partial charge in [0.2, 0.25) is 5.88 Å². The van der Waals surface area contributed by atoms with E-state index in [0.29, 0.717) is 12.4 Å². The Morgan fingerprint density at radius 2 is 1.88 bits per heavy atom. The maximum absolute atomic E-state index is 5.55. The number of ether oxygens (including phenoxy) is 1. The molecular weight excluding hydrogens is 447 g/mol. The zero-order chi connectivity index (χ0) is 17.4. The maximum Gasteiger partial charge on any atom is 0.213 e. The Labute approximate surface area is 171 Å². The zero-order valence-electron chi connectivity index (χ0n) is 15.2. The van der Waals surface area contributed by atoms with Crippen LogP contribution >= 0.6 is 35.3 Å². The van der Waals surface area contributed by atoms with Gasteiger partial charge in [-0.3, -0.25) is 4.99 Å². The van der Waals surface area contributed by atoms with E-state index in [2.05, 4.69) is 39.7 Å². The summed E-state index contributed by atoms with van der Waals surface area (Å²) < 4.78 is 5.55. The number of guanidine groups is 1. The lowest BCUT2D eigenvalue weighted by atomic mass is 10.3. The van der Waals surface area contributed by atoms with Gasteiger partial charge >= 0.3 is 0 Å². The lowest BCUT2D eigenvalue weighted by molar-refractivity contribution is 0.232. The molecular formula is C18H27IN4OS. The molecule has 0 aromatic carbocycles. The van der Waals surface area contributed by atoms with Crippen molar-refractivity contribution in [1.29, 1.82) is 0 Å². The lowest BCUT2D eigenvalue weighted by Crippen LogP contribution is -2.36. The van der Waals surface area contributed by atoms with Crippen molar-refractivity contribution in [1.82, 2.24) is 15.6 Å². The fraction of sp³-hybridized carbons (Fsp3) is 0.444. The van der Waals surface area contributed by atoms with Gasteiger partial charge in [0.15, 0.2) is 5.96 Å². The first-order chi connectivity index (χ1) is 11.6. The fourth-order valence-corrected chi connectivity index (χ4v) is 3.01. The first-order valence-electron chi connectivity index (χ1n) is 8.24. The number of rotatable bonds is 7. The Bertz CT molecular complexity index is 655. The maximum atomic E-state index is 5.55. The van der Waals surface area contributed by atoms with Crippen LogP contribution in [0.2, 0.25) is 0 Å². The van der Waals surface area contributed by atoms with Gasteiger partial charge in [0.05, 0.1) is 12.6 Å². The molecule has 0 saturated carbocycles. The summed E-state index contributed by atoms with van der Waals surface area (Å²) in [5, 5.41) is 6.63. The molecule has 0 aliphatic carbocycles. The number of aliphatic imine (C=N–C) groups is 1. The van der Waals surface area contributed by atoms with Gasteiger partial charge in [-0.1, -0.05) is 13.0 Å². The second-order valence-corrected chi connectivity index (χ2v) is 6.93. The Kier molecular flexibility index (Phi) is 9.81. The number of aryl methyl sites for hydroxylation is 1. The molecule has 0 unspecified atom stereocenters. The minimum atomic E-state index is 0. The molecule has 2 N–H and O–H groups in total. The van der Waals surface area contributed by atoms with Crippen LogP contribution in [-0.4, -0.2) is 24.1 Å². The van der Waals surface area contributed by atoms with Crippen molar-refractivity contribution in [2.75, 3.05) is 7.05 Å². The molecule has 0 spiro atoms. The largest absolute Gasteiger partial charge is 0.475 e. The molecule has 0 radical (unpaired) electrons. The van der Waals surface area contributed by atoms with E-state index < -0.39 is 0 Å². The van der Waals surface area contributed by atoms with Gasteiger partial charge in [-0.15, -0.1) is 35.3 Å². The van der Waals surface area contributed by atoms with Gasteiger partial charge in [-0.05, 0) is 38.0 Å². The second-order valence-electron chi connectivity index (χ2n) is 5.67. The quantitative estimate of drug-likeness (QED) is 0.362. The van der Waals surface area contributed by atoms with Crippen LogP contribution in [-0.2, 0) is 19.5 Å². The van der Waals surface area contributed by atoms with Crippen molar-refractivity contribution in [3.8, 4) is 5.88 Å². The summed E-state index contributed by atoms with van der Waals surface area (Å²) in [6, 6.07) is 8.26. The minimum Gasteiger partial charge on any atom is -0.475 e. The normalized spacial score (nSPS) is 11.2. The summed E-state index contributed by atoms with van der Waals surface area (Å²) in [5.74, 6) is 1.43. The van der Waals surface area contributed by atoms with Gasteiger partial charge < -0.3 is 15.4 Å². The summed E-state index contributed by atoms with van der Waals surface area (Å²) in [4.78, 5) is 11.3. The molecule has 2 heterocycles. The molecule has 2 rings (SSSR count). The van der Waals surface area contributed by atoms with E-state index in [1.54, 1.807) is 7.05 Å². The Morgan fingerprint density at radius 1 is 1.16 bits per heavy atom. The Balaban J connectivity index is 0.00000312. The SMILES string of the molecule is CCc1ccc(CNC(=NC)NCc2ccc(OC(C)C)nc2)s1.I. The van der Waals surface area contributed by atoms with Crippen LogP contribution in [0.1, 0.15) is 36.1 Å². The van der Waals surface area contributed by atoms with Crippen LogP contribution in [0.3, 0.4) is 0 Å².